The minimum Gasteiger partial charge on any atom is -0.497 e. The highest BCUT2D eigenvalue weighted by Crippen LogP contribution is 2.39. The predicted molar refractivity (Wildman–Crippen MR) is 103 cm³/mol. The molecule has 0 bridgehead atoms. The van der Waals surface area contributed by atoms with Crippen LogP contribution in [0.2, 0.25) is 0 Å². The van der Waals surface area contributed by atoms with Gasteiger partial charge in [-0.2, -0.15) is 0 Å². The molecule has 0 spiro atoms. The number of amides is 1. The van der Waals surface area contributed by atoms with Crippen molar-refractivity contribution >= 4 is 11.9 Å². The molecule has 3 atom stereocenters. The van der Waals surface area contributed by atoms with Gasteiger partial charge in [0.05, 0.1) is 20.8 Å². The number of esters is 1. The van der Waals surface area contributed by atoms with E-state index in [0.29, 0.717) is 18.5 Å². The van der Waals surface area contributed by atoms with Crippen LogP contribution in [0.15, 0.2) is 24.3 Å². The highest BCUT2D eigenvalue weighted by molar-refractivity contribution is 5.81. The van der Waals surface area contributed by atoms with Crippen molar-refractivity contribution in [2.75, 3.05) is 27.3 Å². The number of likely N-dealkylation sites (tertiary alicyclic amines) is 1. The zero-order chi connectivity index (χ0) is 19.2. The van der Waals surface area contributed by atoms with Crippen LogP contribution in [0.25, 0.3) is 0 Å². The van der Waals surface area contributed by atoms with Crippen molar-refractivity contribution in [3.8, 4) is 5.75 Å². The first kappa shape index (κ1) is 19.7. The highest BCUT2D eigenvalue weighted by Gasteiger charge is 2.46. The standard InChI is InChI=1S/C21H30N2O4/c1-26-17-9-7-15(8-10-17)11-12-22-20(24)14-23-18-6-4-3-5-16(18)13-19(23)21(25)27-2/h7-10,16,18-19H,3-6,11-14H2,1-2H3,(H,22,24)/t16-,18+,19+/m1/s1. The van der Waals surface area contributed by atoms with Gasteiger partial charge in [-0.1, -0.05) is 25.0 Å². The lowest BCUT2D eigenvalue weighted by atomic mass is 9.85. The fourth-order valence-corrected chi connectivity index (χ4v) is 4.51. The summed E-state index contributed by atoms with van der Waals surface area (Å²) < 4.78 is 10.1. The number of ether oxygens (including phenoxy) is 2. The summed E-state index contributed by atoms with van der Waals surface area (Å²) in [6, 6.07) is 7.90. The fourth-order valence-electron chi connectivity index (χ4n) is 4.51. The van der Waals surface area contributed by atoms with E-state index in [9.17, 15) is 9.59 Å². The van der Waals surface area contributed by atoms with Gasteiger partial charge in [0.25, 0.3) is 0 Å². The number of fused-ring (bicyclic) bond motifs is 1. The van der Waals surface area contributed by atoms with Crippen LogP contribution in [0.1, 0.15) is 37.7 Å². The fraction of sp³-hybridized carbons (Fsp3) is 0.619. The topological polar surface area (TPSA) is 67.9 Å². The SMILES string of the molecule is COC(=O)[C@@H]1C[C@H]2CCCC[C@@H]2N1CC(=O)NCCc1ccc(OC)cc1. The molecule has 1 saturated heterocycles. The van der Waals surface area contributed by atoms with Gasteiger partial charge in [0.2, 0.25) is 5.91 Å². The van der Waals surface area contributed by atoms with Crippen LogP contribution in [0.5, 0.6) is 5.75 Å². The molecule has 1 aromatic carbocycles. The minimum absolute atomic E-state index is 0.0244. The molecule has 1 heterocycles. The van der Waals surface area contributed by atoms with Crippen molar-refractivity contribution in [2.45, 2.75) is 50.6 Å². The monoisotopic (exact) mass is 374 g/mol. The Balaban J connectivity index is 1.52. The van der Waals surface area contributed by atoms with Crippen molar-refractivity contribution in [1.82, 2.24) is 10.2 Å². The van der Waals surface area contributed by atoms with Crippen LogP contribution in [0.3, 0.4) is 0 Å². The maximum Gasteiger partial charge on any atom is 0.323 e. The number of hydrogen-bond acceptors (Lipinski definition) is 5. The van der Waals surface area contributed by atoms with E-state index in [1.165, 1.54) is 20.0 Å². The van der Waals surface area contributed by atoms with E-state index in [-0.39, 0.29) is 24.5 Å². The second kappa shape index (κ2) is 9.22. The number of benzene rings is 1. The molecule has 27 heavy (non-hydrogen) atoms. The summed E-state index contributed by atoms with van der Waals surface area (Å²) >= 11 is 0. The van der Waals surface area contributed by atoms with Crippen molar-refractivity contribution in [3.63, 3.8) is 0 Å². The van der Waals surface area contributed by atoms with Crippen LogP contribution in [0, 0.1) is 5.92 Å². The summed E-state index contributed by atoms with van der Waals surface area (Å²) in [6.45, 7) is 0.847. The maximum atomic E-state index is 12.5. The first-order valence-corrected chi connectivity index (χ1v) is 9.85. The Morgan fingerprint density at radius 3 is 2.59 bits per heavy atom. The molecule has 0 radical (unpaired) electrons. The molecule has 6 nitrogen and oxygen atoms in total. The zero-order valence-electron chi connectivity index (χ0n) is 16.3. The Morgan fingerprint density at radius 2 is 1.89 bits per heavy atom. The molecule has 2 fully saturated rings. The molecule has 148 valence electrons. The van der Waals surface area contributed by atoms with Crippen LogP contribution < -0.4 is 10.1 Å². The highest BCUT2D eigenvalue weighted by atomic mass is 16.5. The van der Waals surface area contributed by atoms with Crippen LogP contribution in [-0.2, 0) is 20.7 Å². The van der Waals surface area contributed by atoms with Crippen LogP contribution in [-0.4, -0.2) is 56.2 Å². The number of carbonyl (C=O) groups is 2. The summed E-state index contributed by atoms with van der Waals surface area (Å²) in [4.78, 5) is 26.8. The van der Waals surface area contributed by atoms with Crippen molar-refractivity contribution < 1.29 is 19.1 Å². The quantitative estimate of drug-likeness (QED) is 0.741. The van der Waals surface area contributed by atoms with Crippen molar-refractivity contribution in [3.05, 3.63) is 29.8 Å². The normalized spacial score (nSPS) is 24.9. The average molecular weight is 374 g/mol. The summed E-state index contributed by atoms with van der Waals surface area (Å²) in [5.41, 5.74) is 1.15. The van der Waals surface area contributed by atoms with Crippen LogP contribution in [0.4, 0.5) is 0 Å². The number of rotatable bonds is 7. The zero-order valence-corrected chi connectivity index (χ0v) is 16.3. The summed E-state index contributed by atoms with van der Waals surface area (Å²) in [7, 11) is 3.07. The first-order valence-electron chi connectivity index (χ1n) is 9.85. The maximum absolute atomic E-state index is 12.5. The molecule has 1 aromatic rings. The second-order valence-corrected chi connectivity index (χ2v) is 7.51. The Morgan fingerprint density at radius 1 is 1.15 bits per heavy atom. The molecule has 1 aliphatic heterocycles. The van der Waals surface area contributed by atoms with E-state index in [1.807, 2.05) is 24.3 Å². The van der Waals surface area contributed by atoms with E-state index in [4.69, 9.17) is 9.47 Å². The minimum atomic E-state index is -0.282. The predicted octanol–water partition coefficient (Wildman–Crippen LogP) is 2.16. The molecule has 3 rings (SSSR count). The summed E-state index contributed by atoms with van der Waals surface area (Å²) in [5.74, 6) is 1.10. The second-order valence-electron chi connectivity index (χ2n) is 7.51. The van der Waals surface area contributed by atoms with E-state index < -0.39 is 0 Å². The first-order chi connectivity index (χ1) is 13.1. The van der Waals surface area contributed by atoms with E-state index in [1.54, 1.807) is 7.11 Å². The van der Waals surface area contributed by atoms with Crippen LogP contribution >= 0.6 is 0 Å². The molecule has 1 saturated carbocycles. The third-order valence-corrected chi connectivity index (χ3v) is 5.92. The smallest absolute Gasteiger partial charge is 0.323 e. The van der Waals surface area contributed by atoms with Crippen molar-refractivity contribution in [1.29, 1.82) is 0 Å². The molecule has 1 N–H and O–H groups in total. The molecular formula is C21H30N2O4. The number of hydrogen-bond donors (Lipinski definition) is 1. The third-order valence-electron chi connectivity index (χ3n) is 5.92. The molecule has 6 heteroatoms. The number of methoxy groups -OCH3 is 2. The molecule has 2 aliphatic rings. The van der Waals surface area contributed by atoms with Gasteiger partial charge >= 0.3 is 5.97 Å². The lowest BCUT2D eigenvalue weighted by molar-refractivity contribution is -0.146. The van der Waals surface area contributed by atoms with Gasteiger partial charge < -0.3 is 14.8 Å². The molecule has 1 amide bonds. The third kappa shape index (κ3) is 4.80. The summed E-state index contributed by atoms with van der Waals surface area (Å²) in [5, 5.41) is 3.00. The van der Waals surface area contributed by atoms with Gasteiger partial charge in [0, 0.05) is 12.6 Å². The molecule has 0 unspecified atom stereocenters. The lowest BCUT2D eigenvalue weighted by Gasteiger charge is -2.32. The molecule has 1 aliphatic carbocycles. The lowest BCUT2D eigenvalue weighted by Crippen LogP contribution is -2.48. The largest absolute Gasteiger partial charge is 0.497 e. The van der Waals surface area contributed by atoms with Crippen molar-refractivity contribution in [2.24, 2.45) is 5.92 Å². The molecular weight excluding hydrogens is 344 g/mol. The number of nitrogens with zero attached hydrogens (tertiary/aromatic N) is 1. The van der Waals surface area contributed by atoms with Gasteiger partial charge in [-0.25, -0.2) is 0 Å². The number of nitrogens with one attached hydrogen (secondary N) is 1. The van der Waals surface area contributed by atoms with Gasteiger partial charge in [-0.3, -0.25) is 14.5 Å². The summed E-state index contributed by atoms with van der Waals surface area (Å²) in [6.07, 6.45) is 6.19. The Kier molecular flexibility index (Phi) is 6.72. The van der Waals surface area contributed by atoms with Gasteiger partial charge in [-0.15, -0.1) is 0 Å². The van der Waals surface area contributed by atoms with Gasteiger partial charge in [0.1, 0.15) is 11.8 Å². The Hall–Kier alpha value is -2.08. The Labute approximate surface area is 161 Å². The van der Waals surface area contributed by atoms with Gasteiger partial charge in [-0.05, 0) is 49.3 Å². The molecule has 0 aromatic heterocycles. The van der Waals surface area contributed by atoms with E-state index >= 15 is 0 Å². The Bertz CT molecular complexity index is 646. The van der Waals surface area contributed by atoms with Gasteiger partial charge in [0.15, 0.2) is 0 Å². The van der Waals surface area contributed by atoms with E-state index in [0.717, 1.165) is 37.0 Å². The van der Waals surface area contributed by atoms with E-state index in [2.05, 4.69) is 10.2 Å². The number of carbonyl (C=O) groups excluding carboxylic acids is 2. The average Bonchev–Trinajstić information content (AvgIpc) is 3.06.